The maximum atomic E-state index is 4.74. The summed E-state index contributed by atoms with van der Waals surface area (Å²) in [5.74, 6) is 1.86. The Hall–Kier alpha value is -2.15. The van der Waals surface area contributed by atoms with Crippen molar-refractivity contribution in [2.24, 2.45) is 4.99 Å². The first-order chi connectivity index (χ1) is 12.8. The highest BCUT2D eigenvalue weighted by Gasteiger charge is 2.19. The van der Waals surface area contributed by atoms with Gasteiger partial charge in [0.1, 0.15) is 5.82 Å². The fourth-order valence-electron chi connectivity index (χ4n) is 3.46. The van der Waals surface area contributed by atoms with Gasteiger partial charge in [-0.3, -0.25) is 9.39 Å². The Morgan fingerprint density at radius 3 is 2.85 bits per heavy atom. The van der Waals surface area contributed by atoms with Gasteiger partial charge in [-0.2, -0.15) is 0 Å². The number of pyridine rings is 1. The summed E-state index contributed by atoms with van der Waals surface area (Å²) in [4.78, 5) is 7.30. The minimum atomic E-state index is 0.509. The second-order valence-electron chi connectivity index (χ2n) is 6.82. The zero-order valence-corrected chi connectivity index (χ0v) is 16.0. The van der Waals surface area contributed by atoms with Crippen molar-refractivity contribution in [1.29, 1.82) is 0 Å². The van der Waals surface area contributed by atoms with Crippen molar-refractivity contribution in [3.8, 4) is 0 Å². The zero-order chi connectivity index (χ0) is 18.2. The Morgan fingerprint density at radius 2 is 2.08 bits per heavy atom. The van der Waals surface area contributed by atoms with Crippen molar-refractivity contribution in [3.05, 3.63) is 30.2 Å². The van der Waals surface area contributed by atoms with Gasteiger partial charge in [-0.25, -0.2) is 0 Å². The van der Waals surface area contributed by atoms with Gasteiger partial charge in [0.15, 0.2) is 11.6 Å². The molecule has 7 heteroatoms. The molecule has 2 aromatic heterocycles. The Balaban J connectivity index is 1.52. The normalized spacial score (nSPS) is 16.9. The van der Waals surface area contributed by atoms with E-state index < -0.39 is 0 Å². The van der Waals surface area contributed by atoms with Crippen molar-refractivity contribution in [3.63, 3.8) is 0 Å². The summed E-state index contributed by atoms with van der Waals surface area (Å²) in [5, 5.41) is 15.4. The van der Waals surface area contributed by atoms with Crippen molar-refractivity contribution in [2.45, 2.75) is 45.6 Å². The molecular formula is C19H31N7. The fraction of sp³-hybridized carbons (Fsp3) is 0.632. The number of rotatable bonds is 7. The topological polar surface area (TPSA) is 69.8 Å². The maximum Gasteiger partial charge on any atom is 0.191 e. The van der Waals surface area contributed by atoms with Crippen molar-refractivity contribution in [2.75, 3.05) is 32.7 Å². The average Bonchev–Trinajstić information content (AvgIpc) is 3.07. The number of likely N-dealkylation sites (tertiary alicyclic amines) is 1. The molecule has 3 rings (SSSR count). The molecule has 2 N–H and O–H groups in total. The van der Waals surface area contributed by atoms with Crippen LogP contribution in [0.15, 0.2) is 29.4 Å². The molecule has 1 aliphatic heterocycles. The van der Waals surface area contributed by atoms with Crippen LogP contribution in [-0.2, 0) is 6.42 Å². The first kappa shape index (κ1) is 18.6. The number of hydrogen-bond acceptors (Lipinski definition) is 4. The Bertz CT molecular complexity index is 701. The second kappa shape index (κ2) is 9.52. The molecule has 1 aliphatic rings. The lowest BCUT2D eigenvalue weighted by atomic mass is 10.1. The highest BCUT2D eigenvalue weighted by atomic mass is 15.2. The Kier molecular flexibility index (Phi) is 6.82. The summed E-state index contributed by atoms with van der Waals surface area (Å²) < 4.78 is 2.03. The number of piperidine rings is 1. The van der Waals surface area contributed by atoms with E-state index in [1.54, 1.807) is 0 Å². The molecule has 0 atom stereocenters. The highest BCUT2D eigenvalue weighted by Crippen LogP contribution is 2.10. The number of hydrogen-bond donors (Lipinski definition) is 2. The van der Waals surface area contributed by atoms with Crippen LogP contribution in [0.2, 0.25) is 0 Å². The van der Waals surface area contributed by atoms with Crippen LogP contribution in [0.25, 0.3) is 5.65 Å². The van der Waals surface area contributed by atoms with Gasteiger partial charge in [0.2, 0.25) is 0 Å². The van der Waals surface area contributed by atoms with E-state index in [9.17, 15) is 0 Å². The molecule has 1 fully saturated rings. The van der Waals surface area contributed by atoms with Gasteiger partial charge in [0.25, 0.3) is 0 Å². The lowest BCUT2D eigenvalue weighted by molar-refractivity contribution is 0.206. The van der Waals surface area contributed by atoms with E-state index in [4.69, 9.17) is 4.99 Å². The summed E-state index contributed by atoms with van der Waals surface area (Å²) >= 11 is 0. The second-order valence-corrected chi connectivity index (χ2v) is 6.82. The lowest BCUT2D eigenvalue weighted by Crippen LogP contribution is -2.48. The largest absolute Gasteiger partial charge is 0.357 e. The van der Waals surface area contributed by atoms with Gasteiger partial charge in [-0.1, -0.05) is 13.0 Å². The molecule has 2 aromatic rings. The number of guanidine groups is 1. The molecule has 3 heterocycles. The summed E-state index contributed by atoms with van der Waals surface area (Å²) in [5.41, 5.74) is 0.885. The van der Waals surface area contributed by atoms with E-state index in [0.717, 1.165) is 30.4 Å². The van der Waals surface area contributed by atoms with E-state index in [1.165, 1.54) is 38.9 Å². The molecule has 0 amide bonds. The number of nitrogens with one attached hydrogen (secondary N) is 2. The molecule has 0 aromatic carbocycles. The zero-order valence-electron chi connectivity index (χ0n) is 16.0. The predicted molar refractivity (Wildman–Crippen MR) is 106 cm³/mol. The third-order valence-corrected chi connectivity index (χ3v) is 4.80. The lowest BCUT2D eigenvalue weighted by Gasteiger charge is -2.32. The quantitative estimate of drug-likeness (QED) is 0.583. The molecule has 7 nitrogen and oxygen atoms in total. The van der Waals surface area contributed by atoms with Crippen LogP contribution < -0.4 is 10.6 Å². The van der Waals surface area contributed by atoms with Crippen LogP contribution in [-0.4, -0.2) is 64.2 Å². The monoisotopic (exact) mass is 357 g/mol. The molecule has 0 radical (unpaired) electrons. The molecule has 26 heavy (non-hydrogen) atoms. The third-order valence-electron chi connectivity index (χ3n) is 4.80. The summed E-state index contributed by atoms with van der Waals surface area (Å²) in [6, 6.07) is 6.45. The van der Waals surface area contributed by atoms with Crippen LogP contribution in [0.3, 0.4) is 0 Å². The standard InChI is InChI=1S/C19H31N7/c1-3-12-25-14-9-16(10-15-25)22-19(20-4-2)21-11-8-18-24-23-17-7-5-6-13-26(17)18/h5-7,13,16H,3-4,8-12,14-15H2,1-2H3,(H2,20,21,22). The van der Waals surface area contributed by atoms with Crippen molar-refractivity contribution < 1.29 is 0 Å². The van der Waals surface area contributed by atoms with Crippen LogP contribution in [0.4, 0.5) is 0 Å². The van der Waals surface area contributed by atoms with Gasteiger partial charge in [-0.15, -0.1) is 10.2 Å². The molecule has 0 spiro atoms. The minimum absolute atomic E-state index is 0.509. The molecule has 0 unspecified atom stereocenters. The fourth-order valence-corrected chi connectivity index (χ4v) is 3.46. The van der Waals surface area contributed by atoms with E-state index in [0.29, 0.717) is 12.6 Å². The molecule has 0 bridgehead atoms. The average molecular weight is 358 g/mol. The van der Waals surface area contributed by atoms with Crippen LogP contribution >= 0.6 is 0 Å². The van der Waals surface area contributed by atoms with Crippen molar-refractivity contribution in [1.82, 2.24) is 30.1 Å². The predicted octanol–water partition coefficient (Wildman–Crippen LogP) is 1.70. The van der Waals surface area contributed by atoms with Crippen LogP contribution in [0.5, 0.6) is 0 Å². The first-order valence-corrected chi connectivity index (χ1v) is 9.86. The van der Waals surface area contributed by atoms with Gasteiger partial charge in [0, 0.05) is 44.8 Å². The van der Waals surface area contributed by atoms with Gasteiger partial charge >= 0.3 is 0 Å². The molecule has 0 saturated carbocycles. The molecular weight excluding hydrogens is 326 g/mol. The Labute approximate surface area is 155 Å². The number of aromatic nitrogens is 3. The molecule has 0 aliphatic carbocycles. The molecule has 142 valence electrons. The summed E-state index contributed by atoms with van der Waals surface area (Å²) in [7, 11) is 0. The third kappa shape index (κ3) is 4.94. The molecule has 1 saturated heterocycles. The van der Waals surface area contributed by atoms with Gasteiger partial charge < -0.3 is 15.5 Å². The number of aliphatic imine (C=N–C) groups is 1. The number of nitrogens with zero attached hydrogens (tertiary/aromatic N) is 5. The van der Waals surface area contributed by atoms with Gasteiger partial charge in [0.05, 0.1) is 0 Å². The van der Waals surface area contributed by atoms with E-state index in [-0.39, 0.29) is 0 Å². The summed E-state index contributed by atoms with van der Waals surface area (Å²) in [6.45, 7) is 9.49. The Morgan fingerprint density at radius 1 is 1.23 bits per heavy atom. The van der Waals surface area contributed by atoms with E-state index in [2.05, 4.69) is 39.6 Å². The smallest absolute Gasteiger partial charge is 0.191 e. The summed E-state index contributed by atoms with van der Waals surface area (Å²) in [6.07, 6.45) is 6.37. The van der Waals surface area contributed by atoms with Crippen molar-refractivity contribution >= 4 is 11.6 Å². The first-order valence-electron chi connectivity index (χ1n) is 9.86. The van der Waals surface area contributed by atoms with Crippen LogP contribution in [0.1, 0.15) is 38.9 Å². The number of fused-ring (bicyclic) bond motifs is 1. The highest BCUT2D eigenvalue weighted by molar-refractivity contribution is 5.80. The maximum absolute atomic E-state index is 4.74. The van der Waals surface area contributed by atoms with E-state index in [1.807, 2.05) is 28.8 Å². The van der Waals surface area contributed by atoms with Gasteiger partial charge in [-0.05, 0) is 44.9 Å². The SMILES string of the molecule is CCCN1CCC(NC(=NCCc2nnc3ccccn23)NCC)CC1. The van der Waals surface area contributed by atoms with Crippen LogP contribution in [0, 0.1) is 0 Å². The van der Waals surface area contributed by atoms with E-state index >= 15 is 0 Å². The minimum Gasteiger partial charge on any atom is -0.357 e.